The third-order valence-electron chi connectivity index (χ3n) is 3.51. The molecule has 0 bridgehead atoms. The maximum Gasteiger partial charge on any atom is 0.324 e. The second-order valence-electron chi connectivity index (χ2n) is 4.96. The minimum Gasteiger partial charge on any atom is -0.392 e. The average molecular weight is 299 g/mol. The number of hydrogen-bond acceptors (Lipinski definition) is 5. The maximum absolute atomic E-state index is 10.8. The lowest BCUT2D eigenvalue weighted by Gasteiger charge is -2.35. The van der Waals surface area contributed by atoms with Crippen LogP contribution in [-0.4, -0.2) is 27.9 Å². The predicted molar refractivity (Wildman–Crippen MR) is 80.5 cm³/mol. The molecule has 104 valence electrons. The fourth-order valence-corrected chi connectivity index (χ4v) is 3.70. The Kier molecular flexibility index (Phi) is 4.49. The first-order chi connectivity index (χ1) is 8.99. The summed E-state index contributed by atoms with van der Waals surface area (Å²) in [5, 5.41) is 10.9. The van der Waals surface area contributed by atoms with Gasteiger partial charge in [0.05, 0.1) is 16.0 Å². The van der Waals surface area contributed by atoms with Crippen molar-refractivity contribution in [2.75, 3.05) is 13.1 Å². The van der Waals surface area contributed by atoms with Crippen molar-refractivity contribution >= 4 is 33.5 Å². The van der Waals surface area contributed by atoms with Crippen molar-refractivity contribution in [1.29, 1.82) is 0 Å². The van der Waals surface area contributed by atoms with Crippen LogP contribution in [0.4, 0.5) is 5.00 Å². The van der Waals surface area contributed by atoms with Crippen LogP contribution in [0.5, 0.6) is 0 Å². The van der Waals surface area contributed by atoms with Gasteiger partial charge in [-0.2, -0.15) is 0 Å². The molecule has 0 aromatic carbocycles. The van der Waals surface area contributed by atoms with Gasteiger partial charge in [-0.3, -0.25) is 15.0 Å². The molecule has 0 saturated carbocycles. The van der Waals surface area contributed by atoms with Gasteiger partial charge in [-0.25, -0.2) is 0 Å². The van der Waals surface area contributed by atoms with Crippen molar-refractivity contribution in [2.24, 2.45) is 11.7 Å². The van der Waals surface area contributed by atoms with Crippen molar-refractivity contribution in [2.45, 2.75) is 25.8 Å². The van der Waals surface area contributed by atoms with Gasteiger partial charge in [0.1, 0.15) is 0 Å². The largest absolute Gasteiger partial charge is 0.392 e. The number of nitro groups is 1. The number of nitrogens with two attached hydrogens (primary N) is 1. The van der Waals surface area contributed by atoms with Gasteiger partial charge in [0.15, 0.2) is 0 Å². The third-order valence-corrected chi connectivity index (χ3v) is 4.83. The molecule has 1 aliphatic rings. The molecule has 1 aliphatic heterocycles. The molecule has 0 spiro atoms. The predicted octanol–water partition coefficient (Wildman–Crippen LogP) is 2.72. The quantitative estimate of drug-likeness (QED) is 0.526. The van der Waals surface area contributed by atoms with Crippen molar-refractivity contribution in [1.82, 2.24) is 4.90 Å². The van der Waals surface area contributed by atoms with Crippen LogP contribution >= 0.6 is 23.6 Å². The Hall–Kier alpha value is -1.05. The summed E-state index contributed by atoms with van der Waals surface area (Å²) in [6.07, 6.45) is 2.24. The fourth-order valence-electron chi connectivity index (χ4n) is 2.37. The van der Waals surface area contributed by atoms with Crippen LogP contribution in [0.1, 0.15) is 30.7 Å². The molecule has 7 heteroatoms. The van der Waals surface area contributed by atoms with E-state index in [2.05, 4.69) is 11.8 Å². The van der Waals surface area contributed by atoms with E-state index < -0.39 is 0 Å². The molecule has 19 heavy (non-hydrogen) atoms. The number of piperidine rings is 1. The molecule has 0 aliphatic carbocycles. The van der Waals surface area contributed by atoms with E-state index in [0.717, 1.165) is 48.1 Å². The topological polar surface area (TPSA) is 72.4 Å². The Balaban J connectivity index is 2.19. The van der Waals surface area contributed by atoms with Gasteiger partial charge < -0.3 is 5.73 Å². The lowest BCUT2D eigenvalue weighted by molar-refractivity contribution is -0.380. The zero-order valence-corrected chi connectivity index (χ0v) is 12.4. The van der Waals surface area contributed by atoms with E-state index in [-0.39, 0.29) is 16.0 Å². The van der Waals surface area contributed by atoms with Crippen molar-refractivity contribution in [3.8, 4) is 0 Å². The molecule has 1 atom stereocenters. The number of thiophene rings is 1. The lowest BCUT2D eigenvalue weighted by Crippen LogP contribution is -2.41. The highest BCUT2D eigenvalue weighted by molar-refractivity contribution is 7.80. The zero-order chi connectivity index (χ0) is 14.0. The Morgan fingerprint density at radius 1 is 1.58 bits per heavy atom. The van der Waals surface area contributed by atoms with E-state index in [1.165, 1.54) is 6.07 Å². The summed E-state index contributed by atoms with van der Waals surface area (Å²) in [4.78, 5) is 13.9. The fraction of sp³-hybridized carbons (Fsp3) is 0.583. The van der Waals surface area contributed by atoms with Gasteiger partial charge in [-0.05, 0) is 37.9 Å². The molecule has 2 N–H and O–H groups in total. The van der Waals surface area contributed by atoms with Crippen molar-refractivity contribution < 1.29 is 4.92 Å². The van der Waals surface area contributed by atoms with Gasteiger partial charge in [-0.15, -0.1) is 0 Å². The molecule has 1 aromatic rings. The molecule has 1 saturated heterocycles. The Labute approximate surface area is 121 Å². The van der Waals surface area contributed by atoms with E-state index >= 15 is 0 Å². The number of thiocarbonyl (C=S) groups is 1. The normalized spacial score (nSPS) is 19.2. The van der Waals surface area contributed by atoms with Crippen LogP contribution in [-0.2, 0) is 0 Å². The molecule has 5 nitrogen and oxygen atoms in total. The summed E-state index contributed by atoms with van der Waals surface area (Å²) in [5.41, 5.74) is 5.85. The Morgan fingerprint density at radius 3 is 2.68 bits per heavy atom. The third kappa shape index (κ3) is 3.29. The van der Waals surface area contributed by atoms with Crippen molar-refractivity contribution in [3.05, 3.63) is 27.1 Å². The minimum atomic E-state index is -0.372. The van der Waals surface area contributed by atoms with E-state index in [1.54, 1.807) is 6.07 Å². The second-order valence-corrected chi connectivity index (χ2v) is 6.52. The first-order valence-electron chi connectivity index (χ1n) is 6.26. The number of likely N-dealkylation sites (tertiary alicyclic amines) is 1. The molecular weight excluding hydrogens is 282 g/mol. The summed E-state index contributed by atoms with van der Waals surface area (Å²) >= 11 is 6.32. The second kappa shape index (κ2) is 5.94. The van der Waals surface area contributed by atoms with Crippen LogP contribution in [0.2, 0.25) is 0 Å². The number of nitrogens with zero attached hydrogens (tertiary/aromatic N) is 2. The van der Waals surface area contributed by atoms with Gasteiger partial charge in [0.25, 0.3) is 0 Å². The van der Waals surface area contributed by atoms with E-state index in [1.807, 2.05) is 0 Å². The van der Waals surface area contributed by atoms with Crippen LogP contribution in [0, 0.1) is 16.0 Å². The first kappa shape index (κ1) is 14.4. The molecule has 2 heterocycles. The lowest BCUT2D eigenvalue weighted by atomic mass is 9.97. The van der Waals surface area contributed by atoms with E-state index in [9.17, 15) is 10.1 Å². The van der Waals surface area contributed by atoms with Gasteiger partial charge >= 0.3 is 5.00 Å². The Bertz CT molecular complexity index is 481. The van der Waals surface area contributed by atoms with E-state index in [4.69, 9.17) is 18.0 Å². The summed E-state index contributed by atoms with van der Waals surface area (Å²) in [7, 11) is 0. The van der Waals surface area contributed by atoms with Gasteiger partial charge in [-0.1, -0.05) is 30.5 Å². The zero-order valence-electron chi connectivity index (χ0n) is 10.7. The molecule has 1 fully saturated rings. The number of rotatable bonds is 4. The highest BCUT2D eigenvalue weighted by atomic mass is 32.1. The number of hydrogen-bond donors (Lipinski definition) is 1. The highest BCUT2D eigenvalue weighted by Gasteiger charge is 2.28. The van der Waals surface area contributed by atoms with Gasteiger partial charge in [0.2, 0.25) is 0 Å². The summed E-state index contributed by atoms with van der Waals surface area (Å²) in [5.74, 6) is 0.723. The molecule has 1 unspecified atom stereocenters. The average Bonchev–Trinajstić information content (AvgIpc) is 2.81. The van der Waals surface area contributed by atoms with Crippen LogP contribution < -0.4 is 5.73 Å². The van der Waals surface area contributed by atoms with Crippen molar-refractivity contribution in [3.63, 3.8) is 0 Å². The van der Waals surface area contributed by atoms with Crippen LogP contribution in [0.3, 0.4) is 0 Å². The monoisotopic (exact) mass is 299 g/mol. The first-order valence-corrected chi connectivity index (χ1v) is 7.49. The molecule has 0 amide bonds. The SMILES string of the molecule is CC1CCN(C(C(N)=S)c2ccc([N+](=O)[O-])s2)CC1. The van der Waals surface area contributed by atoms with Gasteiger partial charge in [0, 0.05) is 10.9 Å². The molecular formula is C12H17N3O2S2. The molecule has 1 aromatic heterocycles. The Morgan fingerprint density at radius 2 is 2.21 bits per heavy atom. The smallest absolute Gasteiger partial charge is 0.324 e. The standard InChI is InChI=1S/C12H17N3O2S2/c1-8-4-6-14(7-5-8)11(12(13)18)9-2-3-10(19-9)15(16)17/h2-3,8,11H,4-7H2,1H3,(H2,13,18). The molecule has 0 radical (unpaired) electrons. The highest BCUT2D eigenvalue weighted by Crippen LogP contribution is 2.34. The van der Waals surface area contributed by atoms with E-state index in [0.29, 0.717) is 4.99 Å². The van der Waals surface area contributed by atoms with Crippen LogP contribution in [0.25, 0.3) is 0 Å². The summed E-state index contributed by atoms with van der Waals surface area (Å²) < 4.78 is 0. The molecule has 2 rings (SSSR count). The maximum atomic E-state index is 10.8. The van der Waals surface area contributed by atoms with Crippen LogP contribution in [0.15, 0.2) is 12.1 Å². The summed E-state index contributed by atoms with van der Waals surface area (Å²) in [6, 6.07) is 3.13. The minimum absolute atomic E-state index is 0.140. The summed E-state index contributed by atoms with van der Waals surface area (Å²) in [6.45, 7) is 4.12.